The molecule has 0 bridgehead atoms. The van der Waals surface area contributed by atoms with Gasteiger partial charge in [-0.15, -0.1) is 11.3 Å². The van der Waals surface area contributed by atoms with Crippen LogP contribution in [0.15, 0.2) is 17.5 Å². The molecule has 3 heterocycles. The molecule has 0 radical (unpaired) electrons. The van der Waals surface area contributed by atoms with Gasteiger partial charge in [-0.3, -0.25) is 9.59 Å². The van der Waals surface area contributed by atoms with Crippen molar-refractivity contribution in [3.05, 3.63) is 33.6 Å². The van der Waals surface area contributed by atoms with Crippen LogP contribution < -0.4 is 20.1 Å². The third kappa shape index (κ3) is 4.36. The first-order valence-corrected chi connectivity index (χ1v) is 9.47. The van der Waals surface area contributed by atoms with Crippen LogP contribution in [0, 0.1) is 6.92 Å². The average molecular weight is 390 g/mol. The summed E-state index contributed by atoms with van der Waals surface area (Å²) in [6.45, 7) is 1.78. The lowest BCUT2D eigenvalue weighted by Gasteiger charge is -2.32. The minimum absolute atomic E-state index is 0.0000305. The van der Waals surface area contributed by atoms with E-state index < -0.39 is 0 Å². The number of hydrogen-bond donors (Lipinski definition) is 2. The number of piperidine rings is 1. The average Bonchev–Trinajstić information content (AvgIpc) is 3.19. The second kappa shape index (κ2) is 8.34. The SMILES string of the molecule is COc1nc(C)c(CC(=O)N[C@@H]2CCC(=O)N[C@H]2c2cccs2)c(OC)n1. The molecule has 0 aliphatic carbocycles. The van der Waals surface area contributed by atoms with E-state index in [0.717, 1.165) is 4.88 Å². The standard InChI is InChI=1S/C18H22N4O4S/c1-10-11(17(25-2)22-18(19-10)26-3)9-15(24)20-12-6-7-14(23)21-16(12)13-5-4-8-27-13/h4-5,8,12,16H,6-7,9H2,1-3H3,(H,20,24)(H,21,23)/t12-,16-/m1/s1. The summed E-state index contributed by atoms with van der Waals surface area (Å²) in [6.07, 6.45) is 1.07. The quantitative estimate of drug-likeness (QED) is 0.776. The molecule has 8 nitrogen and oxygen atoms in total. The van der Waals surface area contributed by atoms with Crippen LogP contribution in [0.1, 0.15) is 35.0 Å². The van der Waals surface area contributed by atoms with Crippen molar-refractivity contribution >= 4 is 23.2 Å². The molecular weight excluding hydrogens is 368 g/mol. The molecule has 1 fully saturated rings. The number of carbonyl (C=O) groups is 2. The number of carbonyl (C=O) groups excluding carboxylic acids is 2. The van der Waals surface area contributed by atoms with Crippen molar-refractivity contribution in [3.8, 4) is 11.9 Å². The third-order valence-electron chi connectivity index (χ3n) is 4.47. The Morgan fingerprint density at radius 2 is 2.19 bits per heavy atom. The van der Waals surface area contributed by atoms with Crippen LogP contribution in [0.4, 0.5) is 0 Å². The molecule has 0 spiro atoms. The van der Waals surface area contributed by atoms with E-state index in [1.54, 1.807) is 18.3 Å². The number of amides is 2. The Hall–Kier alpha value is -2.68. The highest BCUT2D eigenvalue weighted by molar-refractivity contribution is 7.10. The molecule has 1 saturated heterocycles. The molecule has 1 aliphatic rings. The van der Waals surface area contributed by atoms with Crippen LogP contribution in [0.2, 0.25) is 0 Å². The van der Waals surface area contributed by atoms with Gasteiger partial charge in [0.25, 0.3) is 0 Å². The van der Waals surface area contributed by atoms with Crippen molar-refractivity contribution in [2.45, 2.75) is 38.3 Å². The van der Waals surface area contributed by atoms with Crippen LogP contribution in [-0.4, -0.2) is 42.0 Å². The molecule has 3 rings (SSSR count). The number of ether oxygens (including phenoxy) is 2. The molecule has 1 aliphatic heterocycles. The van der Waals surface area contributed by atoms with Crippen molar-refractivity contribution in [3.63, 3.8) is 0 Å². The van der Waals surface area contributed by atoms with Gasteiger partial charge in [-0.2, -0.15) is 4.98 Å². The van der Waals surface area contributed by atoms with Gasteiger partial charge in [0.15, 0.2) is 0 Å². The maximum absolute atomic E-state index is 12.7. The van der Waals surface area contributed by atoms with Gasteiger partial charge in [-0.05, 0) is 24.8 Å². The van der Waals surface area contributed by atoms with E-state index in [2.05, 4.69) is 20.6 Å². The zero-order valence-electron chi connectivity index (χ0n) is 15.4. The van der Waals surface area contributed by atoms with Gasteiger partial charge < -0.3 is 20.1 Å². The smallest absolute Gasteiger partial charge is 0.319 e. The van der Waals surface area contributed by atoms with Crippen LogP contribution in [-0.2, 0) is 16.0 Å². The van der Waals surface area contributed by atoms with Gasteiger partial charge in [0, 0.05) is 16.9 Å². The summed E-state index contributed by atoms with van der Waals surface area (Å²) in [6, 6.07) is 3.71. The summed E-state index contributed by atoms with van der Waals surface area (Å²) in [5, 5.41) is 7.98. The van der Waals surface area contributed by atoms with Gasteiger partial charge in [0.05, 0.1) is 38.4 Å². The first-order chi connectivity index (χ1) is 13.0. The number of thiophene rings is 1. The zero-order valence-corrected chi connectivity index (χ0v) is 16.3. The Labute approximate surface area is 161 Å². The van der Waals surface area contributed by atoms with Crippen LogP contribution in [0.25, 0.3) is 0 Å². The van der Waals surface area contributed by atoms with E-state index >= 15 is 0 Å². The molecule has 0 saturated carbocycles. The van der Waals surface area contributed by atoms with Gasteiger partial charge in [0.1, 0.15) is 0 Å². The van der Waals surface area contributed by atoms with E-state index in [0.29, 0.717) is 30.0 Å². The molecule has 27 heavy (non-hydrogen) atoms. The molecule has 9 heteroatoms. The summed E-state index contributed by atoms with van der Waals surface area (Å²) < 4.78 is 10.3. The number of aromatic nitrogens is 2. The van der Waals surface area contributed by atoms with Crippen molar-refractivity contribution in [2.75, 3.05) is 14.2 Å². The van der Waals surface area contributed by atoms with Crippen molar-refractivity contribution in [1.82, 2.24) is 20.6 Å². The first kappa shape index (κ1) is 19.1. The Balaban J connectivity index is 1.74. The summed E-state index contributed by atoms with van der Waals surface area (Å²) in [5.74, 6) is 0.147. The minimum atomic E-state index is -0.217. The molecule has 2 amide bonds. The fourth-order valence-electron chi connectivity index (χ4n) is 3.12. The van der Waals surface area contributed by atoms with Crippen molar-refractivity contribution < 1.29 is 19.1 Å². The van der Waals surface area contributed by atoms with E-state index in [-0.39, 0.29) is 36.3 Å². The highest BCUT2D eigenvalue weighted by Gasteiger charge is 2.32. The Kier molecular flexibility index (Phi) is 5.90. The van der Waals surface area contributed by atoms with Crippen molar-refractivity contribution in [2.24, 2.45) is 0 Å². The maximum atomic E-state index is 12.7. The number of aryl methyl sites for hydroxylation is 1. The fraction of sp³-hybridized carbons (Fsp3) is 0.444. The molecular formula is C18H22N4O4S. The number of rotatable bonds is 6. The first-order valence-electron chi connectivity index (χ1n) is 8.59. The van der Waals surface area contributed by atoms with E-state index in [4.69, 9.17) is 9.47 Å². The molecule has 2 aromatic rings. The molecule has 0 aromatic carbocycles. The largest absolute Gasteiger partial charge is 0.481 e. The Bertz CT molecular complexity index is 825. The highest BCUT2D eigenvalue weighted by atomic mass is 32.1. The number of methoxy groups -OCH3 is 2. The predicted octanol–water partition coefficient (Wildman–Crippen LogP) is 1.54. The summed E-state index contributed by atoms with van der Waals surface area (Å²) in [5.41, 5.74) is 1.24. The van der Waals surface area contributed by atoms with Gasteiger partial charge in [0.2, 0.25) is 17.7 Å². The lowest BCUT2D eigenvalue weighted by Crippen LogP contribution is -2.50. The minimum Gasteiger partial charge on any atom is -0.481 e. The van der Waals surface area contributed by atoms with E-state index in [1.807, 2.05) is 17.5 Å². The highest BCUT2D eigenvalue weighted by Crippen LogP contribution is 2.28. The number of nitrogens with zero attached hydrogens (tertiary/aromatic N) is 2. The molecule has 2 N–H and O–H groups in total. The molecule has 144 valence electrons. The van der Waals surface area contributed by atoms with Gasteiger partial charge in [-0.25, -0.2) is 4.98 Å². The van der Waals surface area contributed by atoms with Gasteiger partial charge >= 0.3 is 6.01 Å². The summed E-state index contributed by atoms with van der Waals surface area (Å²) in [4.78, 5) is 33.9. The lowest BCUT2D eigenvalue weighted by atomic mass is 9.96. The fourth-order valence-corrected chi connectivity index (χ4v) is 3.96. The van der Waals surface area contributed by atoms with E-state index in [9.17, 15) is 9.59 Å². The third-order valence-corrected chi connectivity index (χ3v) is 5.42. The monoisotopic (exact) mass is 390 g/mol. The van der Waals surface area contributed by atoms with E-state index in [1.165, 1.54) is 14.2 Å². The van der Waals surface area contributed by atoms with Crippen LogP contribution in [0.3, 0.4) is 0 Å². The summed E-state index contributed by atoms with van der Waals surface area (Å²) >= 11 is 1.56. The van der Waals surface area contributed by atoms with Crippen LogP contribution in [0.5, 0.6) is 11.9 Å². The second-order valence-corrected chi connectivity index (χ2v) is 7.21. The topological polar surface area (TPSA) is 102 Å². The number of hydrogen-bond acceptors (Lipinski definition) is 7. The zero-order chi connectivity index (χ0) is 19.4. The predicted molar refractivity (Wildman–Crippen MR) is 99.9 cm³/mol. The molecule has 2 atom stereocenters. The van der Waals surface area contributed by atoms with Gasteiger partial charge in [-0.1, -0.05) is 6.07 Å². The lowest BCUT2D eigenvalue weighted by molar-refractivity contribution is -0.126. The van der Waals surface area contributed by atoms with Crippen LogP contribution >= 0.6 is 11.3 Å². The Morgan fingerprint density at radius 3 is 2.85 bits per heavy atom. The summed E-state index contributed by atoms with van der Waals surface area (Å²) in [7, 11) is 2.97. The molecule has 0 unspecified atom stereocenters. The Morgan fingerprint density at radius 1 is 1.37 bits per heavy atom. The second-order valence-electron chi connectivity index (χ2n) is 6.23. The number of nitrogens with one attached hydrogen (secondary N) is 2. The van der Waals surface area contributed by atoms with Crippen molar-refractivity contribution in [1.29, 1.82) is 0 Å². The normalized spacial score (nSPS) is 19.3. The molecule has 2 aromatic heterocycles. The maximum Gasteiger partial charge on any atom is 0.319 e.